The summed E-state index contributed by atoms with van der Waals surface area (Å²) in [7, 11) is 0. The second-order valence-electron chi connectivity index (χ2n) is 4.94. The third-order valence-electron chi connectivity index (χ3n) is 3.03. The van der Waals surface area contributed by atoms with Gasteiger partial charge in [-0.25, -0.2) is 5.43 Å². The van der Waals surface area contributed by atoms with Gasteiger partial charge in [0.15, 0.2) is 11.5 Å². The van der Waals surface area contributed by atoms with Crippen molar-refractivity contribution in [3.63, 3.8) is 0 Å². The Morgan fingerprint density at radius 1 is 1.32 bits per heavy atom. The van der Waals surface area contributed by atoms with E-state index in [9.17, 15) is 9.90 Å². The summed E-state index contributed by atoms with van der Waals surface area (Å²) in [5.41, 5.74) is 3.94. The van der Waals surface area contributed by atoms with Crippen LogP contribution in [0.25, 0.3) is 0 Å². The van der Waals surface area contributed by atoms with Crippen LogP contribution in [0.15, 0.2) is 50.4 Å². The SMILES string of the molecule is CCOc1cc(/C=N/NC(=O)CNc2cccc(Br)c2)cc(Br)c1O. The first-order valence-electron chi connectivity index (χ1n) is 7.46. The van der Waals surface area contributed by atoms with Gasteiger partial charge in [-0.05, 0) is 58.7 Å². The highest BCUT2D eigenvalue weighted by Crippen LogP contribution is 2.35. The summed E-state index contributed by atoms with van der Waals surface area (Å²) in [6.07, 6.45) is 1.48. The van der Waals surface area contributed by atoms with Crippen LogP contribution in [0.5, 0.6) is 11.5 Å². The van der Waals surface area contributed by atoms with E-state index >= 15 is 0 Å². The first-order valence-corrected chi connectivity index (χ1v) is 9.05. The van der Waals surface area contributed by atoms with Crippen molar-refractivity contribution < 1.29 is 14.6 Å². The molecule has 0 fully saturated rings. The van der Waals surface area contributed by atoms with Gasteiger partial charge in [-0.1, -0.05) is 22.0 Å². The number of halogens is 2. The summed E-state index contributed by atoms with van der Waals surface area (Å²) in [5.74, 6) is 0.0985. The zero-order valence-electron chi connectivity index (χ0n) is 13.4. The topological polar surface area (TPSA) is 83.0 Å². The quantitative estimate of drug-likeness (QED) is 0.423. The molecular formula is C17H17Br2N3O3. The summed E-state index contributed by atoms with van der Waals surface area (Å²) < 4.78 is 6.76. The van der Waals surface area contributed by atoms with Crippen molar-refractivity contribution in [2.24, 2.45) is 5.10 Å². The van der Waals surface area contributed by atoms with Crippen LogP contribution in [0.3, 0.4) is 0 Å². The first-order chi connectivity index (χ1) is 12.0. The van der Waals surface area contributed by atoms with Gasteiger partial charge in [0.25, 0.3) is 5.91 Å². The zero-order chi connectivity index (χ0) is 18.2. The van der Waals surface area contributed by atoms with Crippen molar-refractivity contribution in [2.45, 2.75) is 6.92 Å². The second-order valence-corrected chi connectivity index (χ2v) is 6.71. The van der Waals surface area contributed by atoms with Crippen molar-refractivity contribution >= 4 is 49.7 Å². The number of carbonyl (C=O) groups excluding carboxylic acids is 1. The predicted molar refractivity (Wildman–Crippen MR) is 105 cm³/mol. The molecule has 1 amide bonds. The maximum absolute atomic E-state index is 11.8. The summed E-state index contributed by atoms with van der Waals surface area (Å²) in [6.45, 7) is 2.35. The van der Waals surface area contributed by atoms with Crippen LogP contribution in [-0.4, -0.2) is 30.4 Å². The lowest BCUT2D eigenvalue weighted by atomic mass is 10.2. The number of hydrogen-bond donors (Lipinski definition) is 3. The molecule has 3 N–H and O–H groups in total. The highest BCUT2D eigenvalue weighted by Gasteiger charge is 2.08. The Morgan fingerprint density at radius 2 is 2.12 bits per heavy atom. The monoisotopic (exact) mass is 469 g/mol. The molecule has 0 aliphatic rings. The molecule has 0 unspecified atom stereocenters. The Morgan fingerprint density at radius 3 is 2.84 bits per heavy atom. The Balaban J connectivity index is 1.90. The van der Waals surface area contributed by atoms with Gasteiger partial charge in [0.1, 0.15) is 0 Å². The largest absolute Gasteiger partial charge is 0.503 e. The minimum Gasteiger partial charge on any atom is -0.503 e. The van der Waals surface area contributed by atoms with Crippen LogP contribution in [0.2, 0.25) is 0 Å². The number of anilines is 1. The van der Waals surface area contributed by atoms with E-state index in [0.717, 1.165) is 10.2 Å². The van der Waals surface area contributed by atoms with E-state index < -0.39 is 0 Å². The van der Waals surface area contributed by atoms with E-state index in [1.165, 1.54) is 6.21 Å². The molecule has 2 aromatic carbocycles. The number of ether oxygens (including phenoxy) is 1. The van der Waals surface area contributed by atoms with E-state index in [2.05, 4.69) is 47.7 Å². The lowest BCUT2D eigenvalue weighted by Crippen LogP contribution is -2.25. The molecule has 0 aliphatic heterocycles. The number of nitrogens with zero attached hydrogens (tertiary/aromatic N) is 1. The maximum atomic E-state index is 11.8. The van der Waals surface area contributed by atoms with Crippen molar-refractivity contribution in [2.75, 3.05) is 18.5 Å². The Hall–Kier alpha value is -2.06. The number of amides is 1. The second kappa shape index (κ2) is 9.43. The molecule has 25 heavy (non-hydrogen) atoms. The highest BCUT2D eigenvalue weighted by molar-refractivity contribution is 9.10. The van der Waals surface area contributed by atoms with Crippen molar-refractivity contribution in [3.8, 4) is 11.5 Å². The van der Waals surface area contributed by atoms with Gasteiger partial charge in [-0.15, -0.1) is 0 Å². The fourth-order valence-electron chi connectivity index (χ4n) is 1.93. The number of hydrogen-bond acceptors (Lipinski definition) is 5. The number of hydrazone groups is 1. The highest BCUT2D eigenvalue weighted by atomic mass is 79.9. The van der Waals surface area contributed by atoms with Gasteiger partial charge in [0.2, 0.25) is 0 Å². The van der Waals surface area contributed by atoms with Gasteiger partial charge in [-0.2, -0.15) is 5.10 Å². The molecule has 0 bridgehead atoms. The van der Waals surface area contributed by atoms with Crippen molar-refractivity contribution in [1.82, 2.24) is 5.43 Å². The normalized spacial score (nSPS) is 10.7. The van der Waals surface area contributed by atoms with Crippen LogP contribution in [0, 0.1) is 0 Å². The molecule has 2 aromatic rings. The van der Waals surface area contributed by atoms with Crippen LogP contribution in [0.1, 0.15) is 12.5 Å². The van der Waals surface area contributed by atoms with Gasteiger partial charge >= 0.3 is 0 Å². The van der Waals surface area contributed by atoms with E-state index in [-0.39, 0.29) is 18.2 Å². The number of aromatic hydroxyl groups is 1. The van der Waals surface area contributed by atoms with Gasteiger partial charge in [0.05, 0.1) is 23.8 Å². The molecule has 0 spiro atoms. The fraction of sp³-hybridized carbons (Fsp3) is 0.176. The Labute approximate surface area is 162 Å². The molecule has 0 saturated carbocycles. The summed E-state index contributed by atoms with van der Waals surface area (Å²) >= 11 is 6.62. The van der Waals surface area contributed by atoms with Crippen LogP contribution in [-0.2, 0) is 4.79 Å². The van der Waals surface area contributed by atoms with Crippen molar-refractivity contribution in [3.05, 3.63) is 50.9 Å². The molecule has 0 aromatic heterocycles. The van der Waals surface area contributed by atoms with Gasteiger partial charge in [0, 0.05) is 10.2 Å². The van der Waals surface area contributed by atoms with E-state index in [1.807, 2.05) is 31.2 Å². The minimum atomic E-state index is -0.279. The number of phenols is 1. The molecule has 2 rings (SSSR count). The zero-order valence-corrected chi connectivity index (χ0v) is 16.6. The number of rotatable bonds is 7. The Kier molecular flexibility index (Phi) is 7.27. The number of benzene rings is 2. The molecule has 0 atom stereocenters. The first kappa shape index (κ1) is 19.3. The average Bonchev–Trinajstić information content (AvgIpc) is 2.58. The molecular weight excluding hydrogens is 454 g/mol. The van der Waals surface area contributed by atoms with E-state index in [0.29, 0.717) is 22.4 Å². The standard InChI is InChI=1S/C17H17Br2N3O3/c1-2-25-15-7-11(6-14(19)17(15)24)9-21-22-16(23)10-20-13-5-3-4-12(18)8-13/h3-9,20,24H,2,10H2,1H3,(H,22,23)/b21-9+. The number of carbonyl (C=O) groups is 1. The molecule has 8 heteroatoms. The minimum absolute atomic E-state index is 0.0289. The molecule has 0 aliphatic carbocycles. The average molecular weight is 471 g/mol. The van der Waals surface area contributed by atoms with Gasteiger partial charge < -0.3 is 15.2 Å². The maximum Gasteiger partial charge on any atom is 0.259 e. The van der Waals surface area contributed by atoms with E-state index in [1.54, 1.807) is 12.1 Å². The number of nitrogens with one attached hydrogen (secondary N) is 2. The molecule has 0 saturated heterocycles. The third kappa shape index (κ3) is 6.06. The lowest BCUT2D eigenvalue weighted by Gasteiger charge is -2.08. The van der Waals surface area contributed by atoms with Crippen LogP contribution >= 0.6 is 31.9 Å². The summed E-state index contributed by atoms with van der Waals surface area (Å²) in [6, 6.07) is 10.8. The van der Waals surface area contributed by atoms with Gasteiger partial charge in [-0.3, -0.25) is 4.79 Å². The van der Waals surface area contributed by atoms with Crippen molar-refractivity contribution in [1.29, 1.82) is 0 Å². The molecule has 6 nitrogen and oxygen atoms in total. The third-order valence-corrected chi connectivity index (χ3v) is 4.13. The fourth-order valence-corrected chi connectivity index (χ4v) is 2.79. The van der Waals surface area contributed by atoms with E-state index in [4.69, 9.17) is 4.74 Å². The van der Waals surface area contributed by atoms with Crippen LogP contribution < -0.4 is 15.5 Å². The van der Waals surface area contributed by atoms with Crippen LogP contribution in [0.4, 0.5) is 5.69 Å². The molecule has 132 valence electrons. The summed E-state index contributed by atoms with van der Waals surface area (Å²) in [5, 5.41) is 16.8. The Bertz CT molecular complexity index is 782. The predicted octanol–water partition coefficient (Wildman–Crippen LogP) is 3.88. The summed E-state index contributed by atoms with van der Waals surface area (Å²) in [4.78, 5) is 11.8. The molecule has 0 radical (unpaired) electrons. The smallest absolute Gasteiger partial charge is 0.259 e. The lowest BCUT2D eigenvalue weighted by molar-refractivity contribution is -0.119. The number of phenolic OH excluding ortho intramolecular Hbond substituents is 1. The molecule has 0 heterocycles.